The van der Waals surface area contributed by atoms with Crippen molar-refractivity contribution in [2.24, 2.45) is 0 Å². The zero-order valence-corrected chi connectivity index (χ0v) is 11.2. The predicted molar refractivity (Wildman–Crippen MR) is 74.5 cm³/mol. The normalized spacial score (nSPS) is 18.8. The quantitative estimate of drug-likeness (QED) is 0.656. The highest BCUT2D eigenvalue weighted by Crippen LogP contribution is 2.35. The Bertz CT molecular complexity index is 462. The molecule has 1 atom stereocenters. The average molecular weight is 264 g/mol. The lowest BCUT2D eigenvalue weighted by molar-refractivity contribution is -0.384. The van der Waals surface area contributed by atoms with Gasteiger partial charge in [0.2, 0.25) is 0 Å². The molecule has 0 spiro atoms. The third-order valence-corrected chi connectivity index (χ3v) is 3.71. The Morgan fingerprint density at radius 2 is 2.32 bits per heavy atom. The van der Waals surface area contributed by atoms with Crippen LogP contribution in [-0.4, -0.2) is 29.2 Å². The van der Waals surface area contributed by atoms with Crippen molar-refractivity contribution in [1.82, 2.24) is 0 Å². The molecule has 0 bridgehead atoms. The number of hydrogen-bond acceptors (Lipinski definition) is 4. The standard InChI is InChI=1S/C14H20N2O3/c1-11-6-7-13(16(18)19)14(10-11)15-8-2-4-12(15)5-3-9-17/h6-7,10,12,17H,2-5,8-9H2,1H3. The smallest absolute Gasteiger partial charge is 0.292 e. The molecule has 1 heterocycles. The number of nitro groups is 1. The molecule has 1 saturated heterocycles. The van der Waals surface area contributed by atoms with Crippen LogP contribution >= 0.6 is 0 Å². The van der Waals surface area contributed by atoms with Gasteiger partial charge in [0.1, 0.15) is 5.69 Å². The van der Waals surface area contributed by atoms with Gasteiger partial charge < -0.3 is 10.0 Å². The molecular weight excluding hydrogens is 244 g/mol. The molecule has 5 heteroatoms. The van der Waals surface area contributed by atoms with E-state index in [2.05, 4.69) is 4.90 Å². The molecule has 5 nitrogen and oxygen atoms in total. The Kier molecular flexibility index (Phi) is 4.37. The molecule has 104 valence electrons. The van der Waals surface area contributed by atoms with Crippen molar-refractivity contribution in [2.75, 3.05) is 18.1 Å². The van der Waals surface area contributed by atoms with E-state index in [4.69, 9.17) is 5.11 Å². The van der Waals surface area contributed by atoms with Crippen molar-refractivity contribution in [1.29, 1.82) is 0 Å². The van der Waals surface area contributed by atoms with Gasteiger partial charge in [-0.05, 0) is 44.2 Å². The van der Waals surface area contributed by atoms with Gasteiger partial charge in [-0.2, -0.15) is 0 Å². The van der Waals surface area contributed by atoms with Gasteiger partial charge in [-0.25, -0.2) is 0 Å². The Hall–Kier alpha value is -1.62. The van der Waals surface area contributed by atoms with E-state index >= 15 is 0 Å². The highest BCUT2D eigenvalue weighted by atomic mass is 16.6. The van der Waals surface area contributed by atoms with E-state index in [-0.39, 0.29) is 17.2 Å². The van der Waals surface area contributed by atoms with Gasteiger partial charge in [0.05, 0.1) is 4.92 Å². The minimum atomic E-state index is -0.309. The molecule has 0 amide bonds. The van der Waals surface area contributed by atoms with Crippen molar-refractivity contribution < 1.29 is 10.0 Å². The molecule has 0 radical (unpaired) electrons. The minimum absolute atomic E-state index is 0.181. The number of aliphatic hydroxyl groups is 1. The molecule has 1 N–H and O–H groups in total. The first-order valence-electron chi connectivity index (χ1n) is 6.76. The molecule has 1 aliphatic heterocycles. The monoisotopic (exact) mass is 264 g/mol. The number of aryl methyl sites for hydroxylation is 1. The van der Waals surface area contributed by atoms with Crippen LogP contribution in [-0.2, 0) is 0 Å². The topological polar surface area (TPSA) is 66.6 Å². The van der Waals surface area contributed by atoms with E-state index in [1.165, 1.54) is 0 Å². The molecule has 1 fully saturated rings. The average Bonchev–Trinajstić information content (AvgIpc) is 2.83. The molecule has 2 rings (SSSR count). The molecule has 0 aromatic heterocycles. The van der Waals surface area contributed by atoms with Crippen LogP contribution in [0.25, 0.3) is 0 Å². The van der Waals surface area contributed by atoms with Crippen LogP contribution in [0.1, 0.15) is 31.2 Å². The lowest BCUT2D eigenvalue weighted by atomic mass is 10.1. The summed E-state index contributed by atoms with van der Waals surface area (Å²) in [5.74, 6) is 0. The maximum absolute atomic E-state index is 11.1. The van der Waals surface area contributed by atoms with Crippen LogP contribution in [0.5, 0.6) is 0 Å². The lowest BCUT2D eigenvalue weighted by Crippen LogP contribution is -2.30. The van der Waals surface area contributed by atoms with Gasteiger partial charge in [0.15, 0.2) is 0 Å². The molecule has 0 aliphatic carbocycles. The first-order valence-corrected chi connectivity index (χ1v) is 6.76. The van der Waals surface area contributed by atoms with Gasteiger partial charge in [-0.15, -0.1) is 0 Å². The largest absolute Gasteiger partial charge is 0.396 e. The summed E-state index contributed by atoms with van der Waals surface area (Å²) in [5, 5.41) is 20.1. The fourth-order valence-electron chi connectivity index (χ4n) is 2.80. The third kappa shape index (κ3) is 3.04. The summed E-state index contributed by atoms with van der Waals surface area (Å²) in [4.78, 5) is 13.0. The van der Waals surface area contributed by atoms with E-state index < -0.39 is 0 Å². The van der Waals surface area contributed by atoms with Crippen LogP contribution in [0, 0.1) is 17.0 Å². The lowest BCUT2D eigenvalue weighted by Gasteiger charge is -2.26. The molecular formula is C14H20N2O3. The van der Waals surface area contributed by atoms with Crippen LogP contribution in [0.15, 0.2) is 18.2 Å². The Labute approximate surface area is 113 Å². The van der Waals surface area contributed by atoms with Crippen molar-refractivity contribution in [2.45, 2.75) is 38.6 Å². The minimum Gasteiger partial charge on any atom is -0.396 e. The molecule has 1 unspecified atom stereocenters. The summed E-state index contributed by atoms with van der Waals surface area (Å²) in [5.41, 5.74) is 1.94. The summed E-state index contributed by atoms with van der Waals surface area (Å²) in [6.07, 6.45) is 3.74. The Morgan fingerprint density at radius 3 is 3.00 bits per heavy atom. The molecule has 19 heavy (non-hydrogen) atoms. The first kappa shape index (κ1) is 13.8. The summed E-state index contributed by atoms with van der Waals surface area (Å²) in [6, 6.07) is 5.58. The van der Waals surface area contributed by atoms with Gasteiger partial charge in [-0.3, -0.25) is 10.1 Å². The molecule has 0 saturated carbocycles. The second-order valence-corrected chi connectivity index (χ2v) is 5.10. The number of nitrogens with zero attached hydrogens (tertiary/aromatic N) is 2. The summed E-state index contributed by atoms with van der Waals surface area (Å²) < 4.78 is 0. The fourth-order valence-corrected chi connectivity index (χ4v) is 2.80. The first-order chi connectivity index (χ1) is 9.13. The van der Waals surface area contributed by atoms with E-state index in [0.29, 0.717) is 6.04 Å². The summed E-state index contributed by atoms with van der Waals surface area (Å²) in [6.45, 7) is 2.99. The number of hydrogen-bond donors (Lipinski definition) is 1. The summed E-state index contributed by atoms with van der Waals surface area (Å²) >= 11 is 0. The maximum Gasteiger partial charge on any atom is 0.292 e. The van der Waals surface area contributed by atoms with Gasteiger partial charge >= 0.3 is 0 Å². The van der Waals surface area contributed by atoms with Crippen LogP contribution in [0.4, 0.5) is 11.4 Å². The SMILES string of the molecule is Cc1ccc([N+](=O)[O-])c(N2CCCC2CCCO)c1. The van der Waals surface area contributed by atoms with Gasteiger partial charge in [-0.1, -0.05) is 6.07 Å². The summed E-state index contributed by atoms with van der Waals surface area (Å²) in [7, 11) is 0. The van der Waals surface area contributed by atoms with Crippen molar-refractivity contribution >= 4 is 11.4 Å². The predicted octanol–water partition coefficient (Wildman–Crippen LogP) is 2.64. The van der Waals surface area contributed by atoms with Crippen LogP contribution in [0.3, 0.4) is 0 Å². The highest BCUT2D eigenvalue weighted by molar-refractivity contribution is 5.65. The maximum atomic E-state index is 11.1. The van der Waals surface area contributed by atoms with Gasteiger partial charge in [0, 0.05) is 25.3 Å². The van der Waals surface area contributed by atoms with E-state index in [1.807, 2.05) is 13.0 Å². The Balaban J connectivity index is 2.28. The number of benzene rings is 1. The number of nitro benzene ring substituents is 1. The van der Waals surface area contributed by atoms with Crippen molar-refractivity contribution in [3.8, 4) is 0 Å². The number of rotatable bonds is 5. The molecule has 1 aliphatic rings. The van der Waals surface area contributed by atoms with E-state index in [0.717, 1.165) is 43.5 Å². The van der Waals surface area contributed by atoms with Crippen LogP contribution in [0.2, 0.25) is 0 Å². The van der Waals surface area contributed by atoms with Gasteiger partial charge in [0.25, 0.3) is 5.69 Å². The van der Waals surface area contributed by atoms with Crippen molar-refractivity contribution in [3.63, 3.8) is 0 Å². The molecule has 1 aromatic rings. The second-order valence-electron chi connectivity index (χ2n) is 5.10. The number of anilines is 1. The van der Waals surface area contributed by atoms with E-state index in [9.17, 15) is 10.1 Å². The second kappa shape index (κ2) is 6.02. The fraction of sp³-hybridized carbons (Fsp3) is 0.571. The Morgan fingerprint density at radius 1 is 1.53 bits per heavy atom. The van der Waals surface area contributed by atoms with E-state index in [1.54, 1.807) is 12.1 Å². The number of aliphatic hydroxyl groups excluding tert-OH is 1. The highest BCUT2D eigenvalue weighted by Gasteiger charge is 2.29. The van der Waals surface area contributed by atoms with Crippen molar-refractivity contribution in [3.05, 3.63) is 33.9 Å². The van der Waals surface area contributed by atoms with Crippen LogP contribution < -0.4 is 4.90 Å². The zero-order valence-electron chi connectivity index (χ0n) is 11.2. The third-order valence-electron chi connectivity index (χ3n) is 3.71. The zero-order chi connectivity index (χ0) is 13.8. The molecule has 1 aromatic carbocycles.